The summed E-state index contributed by atoms with van der Waals surface area (Å²) in [6.07, 6.45) is 1.61. The Labute approximate surface area is 143 Å². The standard InChI is InChI=1S/C15H17NO4S3/c1-20-15(17)14-13(6-10-22-14)23(18,19)16-7-4-11(5-8-16)12-3-2-9-21-12/h2-3,6,9-11H,4-5,7-8H2,1H3. The highest BCUT2D eigenvalue weighted by Crippen LogP contribution is 2.34. The van der Waals surface area contributed by atoms with Gasteiger partial charge in [0.2, 0.25) is 10.0 Å². The minimum Gasteiger partial charge on any atom is -0.465 e. The average Bonchev–Trinajstić information content (AvgIpc) is 3.25. The Morgan fingerprint density at radius 1 is 1.22 bits per heavy atom. The van der Waals surface area contributed by atoms with Gasteiger partial charge in [-0.15, -0.1) is 22.7 Å². The lowest BCUT2D eigenvalue weighted by Gasteiger charge is -2.30. The topological polar surface area (TPSA) is 63.7 Å². The van der Waals surface area contributed by atoms with E-state index in [1.54, 1.807) is 16.7 Å². The molecule has 3 rings (SSSR count). The maximum atomic E-state index is 12.8. The van der Waals surface area contributed by atoms with Crippen molar-refractivity contribution in [1.82, 2.24) is 4.31 Å². The van der Waals surface area contributed by atoms with Crippen LogP contribution in [-0.2, 0) is 14.8 Å². The van der Waals surface area contributed by atoms with Crippen LogP contribution in [0.3, 0.4) is 0 Å². The van der Waals surface area contributed by atoms with Crippen molar-refractivity contribution in [3.63, 3.8) is 0 Å². The van der Waals surface area contributed by atoms with E-state index in [4.69, 9.17) is 0 Å². The molecule has 0 aromatic carbocycles. The molecule has 0 radical (unpaired) electrons. The van der Waals surface area contributed by atoms with Crippen molar-refractivity contribution >= 4 is 38.7 Å². The molecule has 8 heteroatoms. The Hall–Kier alpha value is -1.22. The molecule has 2 aromatic rings. The van der Waals surface area contributed by atoms with Crippen molar-refractivity contribution in [2.45, 2.75) is 23.7 Å². The van der Waals surface area contributed by atoms with Crippen LogP contribution in [0.15, 0.2) is 33.9 Å². The van der Waals surface area contributed by atoms with Crippen LogP contribution >= 0.6 is 22.7 Å². The molecule has 0 saturated carbocycles. The summed E-state index contributed by atoms with van der Waals surface area (Å²) in [5.74, 6) is -0.184. The molecule has 3 heterocycles. The van der Waals surface area contributed by atoms with Gasteiger partial charge in [0.25, 0.3) is 0 Å². The summed E-state index contributed by atoms with van der Waals surface area (Å²) in [4.78, 5) is 13.3. The van der Waals surface area contributed by atoms with Crippen LogP contribution in [0.5, 0.6) is 0 Å². The van der Waals surface area contributed by atoms with E-state index in [0.29, 0.717) is 19.0 Å². The molecule has 0 N–H and O–H groups in total. The minimum atomic E-state index is -3.65. The van der Waals surface area contributed by atoms with E-state index in [1.165, 1.54) is 22.4 Å². The number of hydrogen-bond donors (Lipinski definition) is 0. The van der Waals surface area contributed by atoms with Crippen molar-refractivity contribution < 1.29 is 17.9 Å². The normalized spacial score (nSPS) is 17.3. The highest BCUT2D eigenvalue weighted by Gasteiger charge is 2.33. The van der Waals surface area contributed by atoms with Gasteiger partial charge in [-0.25, -0.2) is 13.2 Å². The van der Waals surface area contributed by atoms with E-state index < -0.39 is 16.0 Å². The fourth-order valence-electron chi connectivity index (χ4n) is 2.79. The summed E-state index contributed by atoms with van der Waals surface area (Å²) in [5.41, 5.74) is 0. The first kappa shape index (κ1) is 16.6. The van der Waals surface area contributed by atoms with Crippen LogP contribution in [0.25, 0.3) is 0 Å². The maximum absolute atomic E-state index is 12.8. The molecule has 5 nitrogen and oxygen atoms in total. The quantitative estimate of drug-likeness (QED) is 0.775. The molecule has 23 heavy (non-hydrogen) atoms. The molecule has 0 aliphatic carbocycles. The molecular formula is C15H17NO4S3. The van der Waals surface area contributed by atoms with Gasteiger partial charge >= 0.3 is 5.97 Å². The summed E-state index contributed by atoms with van der Waals surface area (Å²) >= 11 is 2.81. The number of piperidine rings is 1. The minimum absolute atomic E-state index is 0.0592. The van der Waals surface area contributed by atoms with Gasteiger partial charge in [0.05, 0.1) is 7.11 Å². The third kappa shape index (κ3) is 3.21. The first-order valence-electron chi connectivity index (χ1n) is 7.23. The van der Waals surface area contributed by atoms with Crippen LogP contribution < -0.4 is 0 Å². The molecule has 124 valence electrons. The van der Waals surface area contributed by atoms with E-state index in [1.807, 2.05) is 11.4 Å². The van der Waals surface area contributed by atoms with Gasteiger partial charge in [-0.05, 0) is 41.7 Å². The SMILES string of the molecule is COC(=O)c1sccc1S(=O)(=O)N1CCC(c2cccs2)CC1. The van der Waals surface area contributed by atoms with E-state index in [-0.39, 0.29) is 9.77 Å². The number of carbonyl (C=O) groups excluding carboxylic acids is 1. The van der Waals surface area contributed by atoms with Gasteiger partial charge in [-0.1, -0.05) is 6.07 Å². The first-order chi connectivity index (χ1) is 11.0. The number of hydrogen-bond acceptors (Lipinski definition) is 6. The number of esters is 1. The maximum Gasteiger partial charge on any atom is 0.349 e. The number of rotatable bonds is 4. The van der Waals surface area contributed by atoms with Crippen LogP contribution in [-0.4, -0.2) is 38.9 Å². The fourth-order valence-corrected chi connectivity index (χ4v) is 6.46. The van der Waals surface area contributed by atoms with Crippen molar-refractivity contribution in [3.05, 3.63) is 38.7 Å². The van der Waals surface area contributed by atoms with Gasteiger partial charge in [0, 0.05) is 18.0 Å². The van der Waals surface area contributed by atoms with Gasteiger partial charge in [0.1, 0.15) is 9.77 Å². The molecular weight excluding hydrogens is 354 g/mol. The molecule has 0 atom stereocenters. The second kappa shape index (κ2) is 6.72. The van der Waals surface area contributed by atoms with Crippen LogP contribution in [0, 0.1) is 0 Å². The predicted molar refractivity (Wildman–Crippen MR) is 90.7 cm³/mol. The second-order valence-electron chi connectivity index (χ2n) is 5.30. The summed E-state index contributed by atoms with van der Waals surface area (Å²) in [6, 6.07) is 5.61. The largest absolute Gasteiger partial charge is 0.465 e. The molecule has 2 aromatic heterocycles. The van der Waals surface area contributed by atoms with Gasteiger partial charge in [-0.2, -0.15) is 4.31 Å². The monoisotopic (exact) mass is 371 g/mol. The highest BCUT2D eigenvalue weighted by atomic mass is 32.2. The van der Waals surface area contributed by atoms with Crippen molar-refractivity contribution in [1.29, 1.82) is 0 Å². The summed E-state index contributed by atoms with van der Waals surface area (Å²) in [7, 11) is -2.40. The number of carbonyl (C=O) groups is 1. The summed E-state index contributed by atoms with van der Waals surface area (Å²) in [6.45, 7) is 0.947. The number of ether oxygens (including phenoxy) is 1. The summed E-state index contributed by atoms with van der Waals surface area (Å²) in [5, 5.41) is 3.66. The zero-order valence-electron chi connectivity index (χ0n) is 12.6. The average molecular weight is 372 g/mol. The predicted octanol–water partition coefficient (Wildman–Crippen LogP) is 3.16. The smallest absolute Gasteiger partial charge is 0.349 e. The van der Waals surface area contributed by atoms with Gasteiger partial charge in [-0.3, -0.25) is 0 Å². The molecule has 0 unspecified atom stereocenters. The Balaban J connectivity index is 1.77. The third-order valence-corrected chi connectivity index (χ3v) is 8.02. The van der Waals surface area contributed by atoms with Crippen molar-refractivity contribution in [3.8, 4) is 0 Å². The fraction of sp³-hybridized carbons (Fsp3) is 0.400. The number of thiophene rings is 2. The third-order valence-electron chi connectivity index (χ3n) is 4.02. The van der Waals surface area contributed by atoms with Gasteiger partial charge < -0.3 is 4.74 Å². The molecule has 1 aliphatic rings. The Morgan fingerprint density at radius 2 is 1.96 bits per heavy atom. The molecule has 0 amide bonds. The lowest BCUT2D eigenvalue weighted by Crippen LogP contribution is -2.38. The summed E-state index contributed by atoms with van der Waals surface area (Å²) < 4.78 is 31.8. The van der Waals surface area contributed by atoms with E-state index >= 15 is 0 Å². The first-order valence-corrected chi connectivity index (χ1v) is 10.4. The van der Waals surface area contributed by atoms with Crippen LogP contribution in [0.1, 0.15) is 33.3 Å². The zero-order valence-corrected chi connectivity index (χ0v) is 15.0. The lowest BCUT2D eigenvalue weighted by molar-refractivity contribution is 0.0602. The molecule has 0 bridgehead atoms. The van der Waals surface area contributed by atoms with E-state index in [2.05, 4.69) is 10.8 Å². The highest BCUT2D eigenvalue weighted by molar-refractivity contribution is 7.89. The second-order valence-corrected chi connectivity index (χ2v) is 9.10. The Morgan fingerprint density at radius 3 is 2.57 bits per heavy atom. The van der Waals surface area contributed by atoms with Crippen LogP contribution in [0.4, 0.5) is 0 Å². The van der Waals surface area contributed by atoms with E-state index in [9.17, 15) is 13.2 Å². The Kier molecular flexibility index (Phi) is 4.86. The van der Waals surface area contributed by atoms with Crippen molar-refractivity contribution in [2.24, 2.45) is 0 Å². The molecule has 1 saturated heterocycles. The lowest BCUT2D eigenvalue weighted by atomic mass is 9.97. The number of methoxy groups -OCH3 is 1. The number of nitrogens with zero attached hydrogens (tertiary/aromatic N) is 1. The number of sulfonamides is 1. The zero-order chi connectivity index (χ0) is 16.4. The molecule has 1 fully saturated rings. The van der Waals surface area contributed by atoms with Gasteiger partial charge in [0.15, 0.2) is 0 Å². The van der Waals surface area contributed by atoms with Crippen molar-refractivity contribution in [2.75, 3.05) is 20.2 Å². The molecule has 1 aliphatic heterocycles. The van der Waals surface area contributed by atoms with Crippen LogP contribution in [0.2, 0.25) is 0 Å². The Bertz CT molecular complexity index is 772. The molecule has 0 spiro atoms. The van der Waals surface area contributed by atoms with E-state index in [0.717, 1.165) is 24.2 Å².